The van der Waals surface area contributed by atoms with Crippen molar-refractivity contribution in [2.45, 2.75) is 19.3 Å². The van der Waals surface area contributed by atoms with E-state index in [9.17, 15) is 4.79 Å². The lowest BCUT2D eigenvalue weighted by molar-refractivity contribution is 0.108. The molecule has 1 saturated carbocycles. The smallest absolute Gasteiger partial charge is 0.223 e. The van der Waals surface area contributed by atoms with Crippen molar-refractivity contribution in [1.29, 1.82) is 0 Å². The normalized spacial score (nSPS) is 26.9. The van der Waals surface area contributed by atoms with E-state index in [2.05, 4.69) is 6.08 Å². The van der Waals surface area contributed by atoms with Gasteiger partial charge in [-0.3, -0.25) is 4.79 Å². The molecule has 1 nitrogen and oxygen atoms in total. The molecule has 16 heavy (non-hydrogen) atoms. The Balaban J connectivity index is 1.72. The number of rotatable bonds is 2. The fraction of sp³-hybridized carbons (Fsp3) is 0.357. The molecule has 2 unspecified atom stereocenters. The van der Waals surface area contributed by atoms with Crippen molar-refractivity contribution < 1.29 is 4.79 Å². The topological polar surface area (TPSA) is 17.1 Å². The second-order valence-electron chi connectivity index (χ2n) is 4.59. The van der Waals surface area contributed by atoms with Gasteiger partial charge in [-0.1, -0.05) is 48.2 Å². The van der Waals surface area contributed by atoms with E-state index in [0.717, 1.165) is 11.5 Å². The zero-order chi connectivity index (χ0) is 11.0. The summed E-state index contributed by atoms with van der Waals surface area (Å²) in [5, 5.41) is 0.194. The summed E-state index contributed by atoms with van der Waals surface area (Å²) in [5.41, 5.74) is 0.816. The molecule has 0 amide bonds. The van der Waals surface area contributed by atoms with Crippen LogP contribution in [-0.4, -0.2) is 5.12 Å². The first-order valence-corrected chi connectivity index (χ1v) is 6.63. The molecule has 2 atom stereocenters. The van der Waals surface area contributed by atoms with Crippen LogP contribution in [0.25, 0.3) is 0 Å². The Morgan fingerprint density at radius 3 is 2.62 bits per heavy atom. The minimum Gasteiger partial charge on any atom is -0.281 e. The molecular weight excluding hydrogens is 216 g/mol. The largest absolute Gasteiger partial charge is 0.281 e. The van der Waals surface area contributed by atoms with Crippen LogP contribution in [0.4, 0.5) is 0 Å². The Morgan fingerprint density at radius 2 is 2.00 bits per heavy atom. The molecule has 0 aliphatic heterocycles. The van der Waals surface area contributed by atoms with Crippen LogP contribution < -0.4 is 0 Å². The van der Waals surface area contributed by atoms with Gasteiger partial charge in [0, 0.05) is 5.56 Å². The van der Waals surface area contributed by atoms with Crippen molar-refractivity contribution in [3.63, 3.8) is 0 Å². The Bertz CT molecular complexity index is 435. The number of allylic oxidation sites excluding steroid dienone is 2. The van der Waals surface area contributed by atoms with E-state index in [1.165, 1.54) is 35.9 Å². The molecule has 2 aliphatic carbocycles. The molecule has 1 aromatic rings. The monoisotopic (exact) mass is 230 g/mol. The average molecular weight is 230 g/mol. The SMILES string of the molecule is O=C(SC1=CC2CCC1C2)c1ccccc1. The van der Waals surface area contributed by atoms with E-state index in [1.807, 2.05) is 30.3 Å². The quantitative estimate of drug-likeness (QED) is 0.767. The van der Waals surface area contributed by atoms with Crippen LogP contribution in [0.3, 0.4) is 0 Å². The van der Waals surface area contributed by atoms with Crippen LogP contribution in [-0.2, 0) is 0 Å². The van der Waals surface area contributed by atoms with Crippen molar-refractivity contribution in [2.24, 2.45) is 11.8 Å². The summed E-state index contributed by atoms with van der Waals surface area (Å²) in [7, 11) is 0. The highest BCUT2D eigenvalue weighted by atomic mass is 32.2. The predicted octanol–water partition coefficient (Wildman–Crippen LogP) is 3.87. The number of carbonyl (C=O) groups is 1. The fourth-order valence-corrected chi connectivity index (χ4v) is 3.76. The number of fused-ring (bicyclic) bond motifs is 2. The van der Waals surface area contributed by atoms with Crippen LogP contribution in [0.1, 0.15) is 29.6 Å². The molecule has 82 valence electrons. The van der Waals surface area contributed by atoms with Crippen molar-refractivity contribution in [2.75, 3.05) is 0 Å². The molecule has 3 rings (SSSR count). The minimum atomic E-state index is 0.194. The number of hydrogen-bond acceptors (Lipinski definition) is 2. The summed E-state index contributed by atoms with van der Waals surface area (Å²) in [6.07, 6.45) is 6.21. The van der Waals surface area contributed by atoms with Crippen molar-refractivity contribution in [3.8, 4) is 0 Å². The average Bonchev–Trinajstić information content (AvgIpc) is 2.92. The van der Waals surface area contributed by atoms with Gasteiger partial charge < -0.3 is 0 Å². The maximum atomic E-state index is 12.0. The van der Waals surface area contributed by atoms with Crippen molar-refractivity contribution in [3.05, 3.63) is 46.9 Å². The maximum Gasteiger partial charge on any atom is 0.223 e. The van der Waals surface area contributed by atoms with Crippen LogP contribution in [0.15, 0.2) is 41.3 Å². The van der Waals surface area contributed by atoms with Gasteiger partial charge >= 0.3 is 0 Å². The zero-order valence-corrected chi connectivity index (χ0v) is 9.87. The van der Waals surface area contributed by atoms with Gasteiger partial charge in [-0.2, -0.15) is 0 Å². The Morgan fingerprint density at radius 1 is 1.19 bits per heavy atom. The van der Waals surface area contributed by atoms with Gasteiger partial charge in [0.1, 0.15) is 0 Å². The van der Waals surface area contributed by atoms with Gasteiger partial charge in [0.25, 0.3) is 0 Å². The highest BCUT2D eigenvalue weighted by Crippen LogP contribution is 2.48. The predicted molar refractivity (Wildman–Crippen MR) is 67.3 cm³/mol. The van der Waals surface area contributed by atoms with Gasteiger partial charge in [-0.15, -0.1) is 0 Å². The standard InChI is InChI=1S/C14H14OS/c15-14(11-4-2-1-3-5-11)16-13-9-10-6-7-12(13)8-10/h1-5,9-10,12H,6-8H2. The van der Waals surface area contributed by atoms with Gasteiger partial charge in [-0.05, 0) is 36.0 Å². The van der Waals surface area contributed by atoms with Gasteiger partial charge in [0.05, 0.1) is 0 Å². The van der Waals surface area contributed by atoms with E-state index >= 15 is 0 Å². The molecule has 2 heteroatoms. The summed E-state index contributed by atoms with van der Waals surface area (Å²) in [6.45, 7) is 0. The number of benzene rings is 1. The van der Waals surface area contributed by atoms with Crippen LogP contribution >= 0.6 is 11.8 Å². The van der Waals surface area contributed by atoms with Crippen LogP contribution in [0, 0.1) is 11.8 Å². The lowest BCUT2D eigenvalue weighted by Gasteiger charge is -2.11. The third-order valence-corrected chi connectivity index (χ3v) is 4.62. The number of thioether (sulfide) groups is 1. The van der Waals surface area contributed by atoms with Crippen LogP contribution in [0.5, 0.6) is 0 Å². The van der Waals surface area contributed by atoms with Gasteiger partial charge in [-0.25, -0.2) is 0 Å². The first kappa shape index (κ1) is 10.2. The van der Waals surface area contributed by atoms with Crippen LogP contribution in [0.2, 0.25) is 0 Å². The lowest BCUT2D eigenvalue weighted by Crippen LogP contribution is -1.99. The highest BCUT2D eigenvalue weighted by Gasteiger charge is 2.33. The molecule has 0 spiro atoms. The molecule has 2 bridgehead atoms. The first-order valence-electron chi connectivity index (χ1n) is 5.82. The lowest BCUT2D eigenvalue weighted by atomic mass is 10.1. The Kier molecular flexibility index (Phi) is 2.60. The highest BCUT2D eigenvalue weighted by molar-refractivity contribution is 8.17. The Hall–Kier alpha value is -1.02. The van der Waals surface area contributed by atoms with E-state index in [0.29, 0.717) is 5.92 Å². The molecule has 0 saturated heterocycles. The summed E-state index contributed by atoms with van der Waals surface area (Å²) in [4.78, 5) is 13.3. The second-order valence-corrected chi connectivity index (χ2v) is 5.64. The fourth-order valence-electron chi connectivity index (χ4n) is 2.65. The molecule has 1 fully saturated rings. The number of hydrogen-bond donors (Lipinski definition) is 0. The maximum absolute atomic E-state index is 12.0. The van der Waals surface area contributed by atoms with E-state index in [-0.39, 0.29) is 5.12 Å². The zero-order valence-electron chi connectivity index (χ0n) is 9.06. The summed E-state index contributed by atoms with van der Waals surface area (Å²) in [5.74, 6) is 1.44. The first-order chi connectivity index (χ1) is 7.83. The van der Waals surface area contributed by atoms with E-state index in [1.54, 1.807) is 0 Å². The summed E-state index contributed by atoms with van der Waals surface area (Å²) < 4.78 is 0. The molecular formula is C14H14OS. The molecule has 0 N–H and O–H groups in total. The molecule has 1 aromatic carbocycles. The Labute approximate surface area is 99.9 Å². The summed E-state index contributed by atoms with van der Waals surface area (Å²) in [6, 6.07) is 9.57. The third-order valence-electron chi connectivity index (χ3n) is 3.50. The van der Waals surface area contributed by atoms with Gasteiger partial charge in [0.15, 0.2) is 0 Å². The van der Waals surface area contributed by atoms with E-state index < -0.39 is 0 Å². The van der Waals surface area contributed by atoms with Crippen molar-refractivity contribution >= 4 is 16.9 Å². The van der Waals surface area contributed by atoms with Crippen molar-refractivity contribution in [1.82, 2.24) is 0 Å². The molecule has 0 radical (unpaired) electrons. The molecule has 0 aromatic heterocycles. The summed E-state index contributed by atoms with van der Waals surface area (Å²) >= 11 is 1.45. The number of carbonyl (C=O) groups excluding carboxylic acids is 1. The second kappa shape index (κ2) is 4.10. The molecule has 0 heterocycles. The van der Waals surface area contributed by atoms with Gasteiger partial charge in [0.2, 0.25) is 5.12 Å². The third kappa shape index (κ3) is 1.82. The van der Waals surface area contributed by atoms with E-state index in [4.69, 9.17) is 0 Å². The minimum absolute atomic E-state index is 0.194. The molecule has 2 aliphatic rings.